The van der Waals surface area contributed by atoms with Gasteiger partial charge in [-0.25, -0.2) is 8.78 Å². The summed E-state index contributed by atoms with van der Waals surface area (Å²) < 4.78 is 75.5. The quantitative estimate of drug-likeness (QED) is 0.150. The van der Waals surface area contributed by atoms with Crippen LogP contribution in [0.25, 0.3) is 11.5 Å². The third kappa shape index (κ3) is 7.88. The summed E-state index contributed by atoms with van der Waals surface area (Å²) >= 11 is 0. The fourth-order valence-electron chi connectivity index (χ4n) is 3.93. The maximum atomic E-state index is 14.8. The van der Waals surface area contributed by atoms with Crippen LogP contribution in [0.3, 0.4) is 0 Å². The molecule has 1 saturated carbocycles. The van der Waals surface area contributed by atoms with Crippen molar-refractivity contribution in [3.63, 3.8) is 0 Å². The lowest BCUT2D eigenvalue weighted by atomic mass is 10.0. The highest BCUT2D eigenvalue weighted by molar-refractivity contribution is 5.85. The molecule has 1 aliphatic rings. The molecule has 9 nitrogen and oxygen atoms in total. The van der Waals surface area contributed by atoms with E-state index in [1.165, 1.54) is 18.2 Å². The molecular formula is C27H28ClF4N3O6. The maximum Gasteiger partial charge on any atom is 0.387 e. The first-order valence-electron chi connectivity index (χ1n) is 12.4. The zero-order chi connectivity index (χ0) is 29.0. The summed E-state index contributed by atoms with van der Waals surface area (Å²) in [6.07, 6.45) is 2.26. The lowest BCUT2D eigenvalue weighted by Gasteiger charge is -2.27. The van der Waals surface area contributed by atoms with Crippen LogP contribution in [0.15, 0.2) is 40.8 Å². The number of nitrogens with two attached hydrogens (primary N) is 1. The Bertz CT molecular complexity index is 1370. The Morgan fingerprint density at radius 2 is 1.93 bits per heavy atom. The van der Waals surface area contributed by atoms with Crippen LogP contribution in [0.2, 0.25) is 0 Å². The van der Waals surface area contributed by atoms with Gasteiger partial charge in [0.05, 0.1) is 12.6 Å². The van der Waals surface area contributed by atoms with E-state index < -0.39 is 42.9 Å². The molecule has 1 aromatic heterocycles. The van der Waals surface area contributed by atoms with Crippen LogP contribution < -0.4 is 20.1 Å². The number of alkyl halides is 2. The molecule has 0 radical (unpaired) electrons. The van der Waals surface area contributed by atoms with Gasteiger partial charge in [-0.05, 0) is 49.9 Å². The first kappa shape index (κ1) is 31.7. The fraction of sp³-hybridized carbons (Fsp3) is 0.370. The van der Waals surface area contributed by atoms with Gasteiger partial charge in [-0.3, -0.25) is 14.5 Å². The van der Waals surface area contributed by atoms with Gasteiger partial charge in [-0.15, -0.1) is 12.4 Å². The van der Waals surface area contributed by atoms with Crippen LogP contribution in [0, 0.1) is 17.6 Å². The number of amides is 1. The molecule has 0 spiro atoms. The van der Waals surface area contributed by atoms with Gasteiger partial charge in [-0.1, -0.05) is 6.07 Å². The molecular weight excluding hydrogens is 574 g/mol. The monoisotopic (exact) mass is 601 g/mol. The summed E-state index contributed by atoms with van der Waals surface area (Å²) in [5, 5.41) is 0. The first-order chi connectivity index (χ1) is 19.1. The summed E-state index contributed by atoms with van der Waals surface area (Å²) in [7, 11) is 0. The Labute approximate surface area is 239 Å². The van der Waals surface area contributed by atoms with Crippen LogP contribution in [0.4, 0.5) is 23.4 Å². The van der Waals surface area contributed by atoms with Crippen molar-refractivity contribution in [3.8, 4) is 23.0 Å². The number of nitrogens with zero attached hydrogens (tertiary/aromatic N) is 2. The molecule has 14 heteroatoms. The number of hydrogen-bond donors (Lipinski definition) is 1. The van der Waals surface area contributed by atoms with E-state index in [9.17, 15) is 27.2 Å². The number of oxazole rings is 1. The molecule has 1 amide bonds. The van der Waals surface area contributed by atoms with E-state index in [0.717, 1.165) is 36.8 Å². The summed E-state index contributed by atoms with van der Waals surface area (Å²) in [5.74, 6) is -2.49. The van der Waals surface area contributed by atoms with Crippen molar-refractivity contribution in [1.82, 2.24) is 4.98 Å². The van der Waals surface area contributed by atoms with Crippen LogP contribution in [0.5, 0.6) is 11.5 Å². The molecule has 222 valence electrons. The minimum absolute atomic E-state index is 0. The van der Waals surface area contributed by atoms with E-state index in [2.05, 4.69) is 9.72 Å². The second-order valence-electron chi connectivity index (χ2n) is 9.29. The van der Waals surface area contributed by atoms with Crippen LogP contribution in [-0.4, -0.2) is 37.2 Å². The SMILES string of the molecule is CC(=O)OCC(c1ccc(F)cc1F)N(C=O)c1nc(-c2ccc(OC(F)F)c(OCC3CC3)c2)oc1[C@H](C)N.Cl. The van der Waals surface area contributed by atoms with Crippen LogP contribution >= 0.6 is 12.4 Å². The molecule has 41 heavy (non-hydrogen) atoms. The van der Waals surface area contributed by atoms with Crippen molar-refractivity contribution in [1.29, 1.82) is 0 Å². The van der Waals surface area contributed by atoms with Crippen molar-refractivity contribution in [3.05, 3.63) is 59.4 Å². The number of hydrogen-bond acceptors (Lipinski definition) is 8. The van der Waals surface area contributed by atoms with E-state index in [-0.39, 0.29) is 52.5 Å². The van der Waals surface area contributed by atoms with Gasteiger partial charge in [0.25, 0.3) is 0 Å². The second-order valence-corrected chi connectivity index (χ2v) is 9.29. The molecule has 1 unspecified atom stereocenters. The number of benzene rings is 2. The lowest BCUT2D eigenvalue weighted by molar-refractivity contribution is -0.141. The number of aromatic nitrogens is 1. The minimum Gasteiger partial charge on any atom is -0.489 e. The minimum atomic E-state index is -3.07. The zero-order valence-electron chi connectivity index (χ0n) is 22.0. The standard InChI is InChI=1S/C27H27F4N3O6.ClH/c1-14(32)24-25(34(13-35)21(12-37-15(2)36)19-7-6-18(28)10-20(19)29)33-26(40-24)17-5-8-22(39-27(30)31)23(9-17)38-11-16-3-4-16;/h5-10,13-14,16,21,27H,3-4,11-12,32H2,1-2H3;1H/t14-,21?;/m0./s1. The highest BCUT2D eigenvalue weighted by Gasteiger charge is 2.32. The zero-order valence-corrected chi connectivity index (χ0v) is 22.8. The number of carbonyl (C=O) groups excluding carboxylic acids is 2. The predicted molar refractivity (Wildman–Crippen MR) is 141 cm³/mol. The fourth-order valence-corrected chi connectivity index (χ4v) is 3.93. The number of ether oxygens (including phenoxy) is 3. The smallest absolute Gasteiger partial charge is 0.387 e. The highest BCUT2D eigenvalue weighted by Crippen LogP contribution is 2.39. The molecule has 0 bridgehead atoms. The Morgan fingerprint density at radius 3 is 2.51 bits per heavy atom. The van der Waals surface area contributed by atoms with Crippen LogP contribution in [-0.2, 0) is 14.3 Å². The molecule has 4 rings (SSSR count). The average Bonchev–Trinajstić information content (AvgIpc) is 3.62. The molecule has 3 aromatic rings. The average molecular weight is 602 g/mol. The van der Waals surface area contributed by atoms with Gasteiger partial charge >= 0.3 is 12.6 Å². The maximum absolute atomic E-state index is 14.8. The molecule has 1 fully saturated rings. The van der Waals surface area contributed by atoms with E-state index >= 15 is 0 Å². The molecule has 0 aliphatic heterocycles. The summed E-state index contributed by atoms with van der Waals surface area (Å²) in [6, 6.07) is 4.74. The summed E-state index contributed by atoms with van der Waals surface area (Å²) in [5.41, 5.74) is 6.23. The van der Waals surface area contributed by atoms with E-state index in [0.29, 0.717) is 25.0 Å². The largest absolute Gasteiger partial charge is 0.489 e. The Morgan fingerprint density at radius 1 is 1.20 bits per heavy atom. The number of anilines is 1. The summed E-state index contributed by atoms with van der Waals surface area (Å²) in [4.78, 5) is 29.3. The van der Waals surface area contributed by atoms with Crippen molar-refractivity contribution in [2.24, 2.45) is 11.7 Å². The third-order valence-electron chi connectivity index (χ3n) is 6.09. The van der Waals surface area contributed by atoms with Gasteiger partial charge in [0.2, 0.25) is 12.3 Å². The van der Waals surface area contributed by atoms with Crippen LogP contribution in [0.1, 0.15) is 50.1 Å². The molecule has 0 saturated heterocycles. The molecule has 2 aromatic carbocycles. The van der Waals surface area contributed by atoms with Gasteiger partial charge in [0, 0.05) is 24.1 Å². The first-order valence-corrected chi connectivity index (χ1v) is 12.4. The van der Waals surface area contributed by atoms with Gasteiger partial charge < -0.3 is 24.4 Å². The van der Waals surface area contributed by atoms with Crippen molar-refractivity contribution in [2.75, 3.05) is 18.1 Å². The normalized spacial score (nSPS) is 14.1. The topological polar surface area (TPSA) is 117 Å². The van der Waals surface area contributed by atoms with E-state index in [1.807, 2.05) is 0 Å². The molecule has 1 heterocycles. The summed E-state index contributed by atoms with van der Waals surface area (Å²) in [6.45, 7) is -0.565. The number of esters is 1. The van der Waals surface area contributed by atoms with Gasteiger partial charge in [-0.2, -0.15) is 13.8 Å². The second kappa shape index (κ2) is 13.7. The number of rotatable bonds is 13. The van der Waals surface area contributed by atoms with E-state index in [4.69, 9.17) is 19.6 Å². The Balaban J connectivity index is 0.00000462. The third-order valence-corrected chi connectivity index (χ3v) is 6.09. The van der Waals surface area contributed by atoms with Gasteiger partial charge in [0.1, 0.15) is 24.3 Å². The molecule has 2 atom stereocenters. The molecule has 1 aliphatic carbocycles. The number of halogens is 5. The lowest BCUT2D eigenvalue weighted by Crippen LogP contribution is -2.33. The molecule has 2 N–H and O–H groups in total. The predicted octanol–water partition coefficient (Wildman–Crippen LogP) is 5.72. The Hall–Kier alpha value is -3.84. The Kier molecular flexibility index (Phi) is 10.6. The number of carbonyl (C=O) groups is 2. The van der Waals surface area contributed by atoms with E-state index in [1.54, 1.807) is 6.92 Å². The van der Waals surface area contributed by atoms with Crippen molar-refractivity contribution < 1.29 is 45.8 Å². The van der Waals surface area contributed by atoms with Crippen molar-refractivity contribution in [2.45, 2.75) is 45.4 Å². The van der Waals surface area contributed by atoms with Gasteiger partial charge in [0.15, 0.2) is 23.1 Å². The highest BCUT2D eigenvalue weighted by atomic mass is 35.5. The van der Waals surface area contributed by atoms with Crippen molar-refractivity contribution >= 4 is 30.6 Å².